The molecule has 0 saturated carbocycles. The van der Waals surface area contributed by atoms with Gasteiger partial charge in [-0.2, -0.15) is 0 Å². The summed E-state index contributed by atoms with van der Waals surface area (Å²) in [6.07, 6.45) is 0. The predicted molar refractivity (Wildman–Crippen MR) is 147 cm³/mol. The first-order valence-corrected chi connectivity index (χ1v) is 13.9. The quantitative estimate of drug-likeness (QED) is 0.362. The van der Waals surface area contributed by atoms with Gasteiger partial charge in [-0.25, -0.2) is 8.42 Å². The summed E-state index contributed by atoms with van der Waals surface area (Å²) >= 11 is 3.40. The standard InChI is InChI=1S/C27H30BrN3O5S/c1-4-29-27(33)20(2)30(18-21-10-12-22(28)13-11-21)26(32)19-31(23-14-16-24(36-3)17-15-23)37(34,35)25-8-6-5-7-9-25/h5-17,20H,4,18-19H2,1-3H3,(H,29,33)/t20-/m0/s1. The van der Waals surface area contributed by atoms with Crippen LogP contribution >= 0.6 is 15.9 Å². The molecule has 8 nitrogen and oxygen atoms in total. The minimum atomic E-state index is -4.10. The van der Waals surface area contributed by atoms with Gasteiger partial charge in [-0.05, 0) is 67.9 Å². The fourth-order valence-corrected chi connectivity index (χ4v) is 5.39. The Morgan fingerprint density at radius 3 is 2.16 bits per heavy atom. The second kappa shape index (κ2) is 12.7. The lowest BCUT2D eigenvalue weighted by Gasteiger charge is -2.32. The Morgan fingerprint density at radius 2 is 1.59 bits per heavy atom. The lowest BCUT2D eigenvalue weighted by atomic mass is 10.1. The number of hydrogen-bond donors (Lipinski definition) is 1. The fourth-order valence-electron chi connectivity index (χ4n) is 3.69. The van der Waals surface area contributed by atoms with Crippen LogP contribution in [-0.2, 0) is 26.2 Å². The summed E-state index contributed by atoms with van der Waals surface area (Å²) in [5.74, 6) is -0.291. The van der Waals surface area contributed by atoms with Crippen molar-refractivity contribution >= 4 is 43.5 Å². The zero-order valence-corrected chi connectivity index (χ0v) is 23.3. The van der Waals surface area contributed by atoms with Crippen LogP contribution in [0.5, 0.6) is 5.75 Å². The lowest BCUT2D eigenvalue weighted by Crippen LogP contribution is -2.51. The van der Waals surface area contributed by atoms with Crippen LogP contribution in [0.1, 0.15) is 19.4 Å². The van der Waals surface area contributed by atoms with E-state index in [0.29, 0.717) is 18.0 Å². The van der Waals surface area contributed by atoms with Crippen molar-refractivity contribution in [2.45, 2.75) is 31.3 Å². The number of halogens is 1. The molecule has 0 unspecified atom stereocenters. The maximum Gasteiger partial charge on any atom is 0.264 e. The van der Waals surface area contributed by atoms with E-state index < -0.39 is 28.5 Å². The zero-order valence-electron chi connectivity index (χ0n) is 20.9. The summed E-state index contributed by atoms with van der Waals surface area (Å²) in [4.78, 5) is 27.9. The zero-order chi connectivity index (χ0) is 27.0. The van der Waals surface area contributed by atoms with Crippen LogP contribution in [0.3, 0.4) is 0 Å². The van der Waals surface area contributed by atoms with Crippen LogP contribution < -0.4 is 14.4 Å². The molecule has 0 aromatic heterocycles. The Kier molecular flexibility index (Phi) is 9.71. The van der Waals surface area contributed by atoms with Gasteiger partial charge in [-0.15, -0.1) is 0 Å². The molecule has 3 aromatic carbocycles. The number of nitrogens with zero attached hydrogens (tertiary/aromatic N) is 2. The first-order valence-electron chi connectivity index (χ1n) is 11.7. The van der Waals surface area contributed by atoms with E-state index in [2.05, 4.69) is 21.2 Å². The van der Waals surface area contributed by atoms with Gasteiger partial charge < -0.3 is 15.0 Å². The molecule has 37 heavy (non-hydrogen) atoms. The molecule has 1 N–H and O–H groups in total. The maximum absolute atomic E-state index is 13.8. The van der Waals surface area contributed by atoms with Crippen molar-refractivity contribution in [2.24, 2.45) is 0 Å². The Labute approximate surface area is 226 Å². The van der Waals surface area contributed by atoms with Gasteiger partial charge in [0.2, 0.25) is 11.8 Å². The van der Waals surface area contributed by atoms with Gasteiger partial charge in [0, 0.05) is 17.6 Å². The Bertz CT molecular complexity index is 1300. The van der Waals surface area contributed by atoms with Gasteiger partial charge in [0.25, 0.3) is 10.0 Å². The molecule has 10 heteroatoms. The van der Waals surface area contributed by atoms with E-state index in [1.54, 1.807) is 56.3 Å². The van der Waals surface area contributed by atoms with Crippen molar-refractivity contribution in [3.05, 3.63) is 88.9 Å². The highest BCUT2D eigenvalue weighted by Gasteiger charge is 2.32. The van der Waals surface area contributed by atoms with E-state index in [9.17, 15) is 18.0 Å². The molecule has 0 fully saturated rings. The summed E-state index contributed by atoms with van der Waals surface area (Å²) in [6.45, 7) is 3.47. The first-order chi connectivity index (χ1) is 17.7. The van der Waals surface area contributed by atoms with Crippen LogP contribution in [0.25, 0.3) is 0 Å². The topological polar surface area (TPSA) is 96.0 Å². The number of benzene rings is 3. The molecular formula is C27H30BrN3O5S. The highest BCUT2D eigenvalue weighted by Crippen LogP contribution is 2.26. The van der Waals surface area contributed by atoms with Crippen LogP contribution in [0.2, 0.25) is 0 Å². The van der Waals surface area contributed by atoms with Crippen LogP contribution in [0.15, 0.2) is 88.2 Å². The molecule has 0 saturated heterocycles. The molecule has 0 bridgehead atoms. The number of methoxy groups -OCH3 is 1. The monoisotopic (exact) mass is 587 g/mol. The van der Waals surface area contributed by atoms with Crippen LogP contribution in [0.4, 0.5) is 5.69 Å². The van der Waals surface area contributed by atoms with Gasteiger partial charge in [0.1, 0.15) is 18.3 Å². The molecule has 0 heterocycles. The largest absolute Gasteiger partial charge is 0.497 e. The normalized spacial score (nSPS) is 11.9. The van der Waals surface area contributed by atoms with Crippen LogP contribution in [0, 0.1) is 0 Å². The Morgan fingerprint density at radius 1 is 0.973 bits per heavy atom. The first kappa shape index (κ1) is 28.2. The summed E-state index contributed by atoms with van der Waals surface area (Å²) in [5.41, 5.74) is 1.10. The van der Waals surface area contributed by atoms with E-state index in [1.807, 2.05) is 24.3 Å². The maximum atomic E-state index is 13.8. The Balaban J connectivity index is 2.01. The van der Waals surface area contributed by atoms with Crippen molar-refractivity contribution in [1.29, 1.82) is 0 Å². The number of nitrogens with one attached hydrogen (secondary N) is 1. The van der Waals surface area contributed by atoms with E-state index in [4.69, 9.17) is 4.74 Å². The summed E-state index contributed by atoms with van der Waals surface area (Å²) in [7, 11) is -2.59. The molecule has 3 aromatic rings. The summed E-state index contributed by atoms with van der Waals surface area (Å²) in [6, 6.07) is 20.9. The number of likely N-dealkylation sites (N-methyl/N-ethyl adjacent to an activating group) is 1. The van der Waals surface area contributed by atoms with Gasteiger partial charge >= 0.3 is 0 Å². The molecule has 0 spiro atoms. The van der Waals surface area contributed by atoms with Crippen molar-refractivity contribution in [3.8, 4) is 5.75 Å². The molecule has 0 radical (unpaired) electrons. The molecule has 0 aliphatic carbocycles. The third-order valence-electron chi connectivity index (χ3n) is 5.75. The third-order valence-corrected chi connectivity index (χ3v) is 8.07. The number of hydrogen-bond acceptors (Lipinski definition) is 5. The number of ether oxygens (including phenoxy) is 1. The second-order valence-corrected chi connectivity index (χ2v) is 11.0. The number of amides is 2. The minimum absolute atomic E-state index is 0.0508. The van der Waals surface area contributed by atoms with Gasteiger partial charge in [0.15, 0.2) is 0 Å². The van der Waals surface area contributed by atoms with Crippen molar-refractivity contribution < 1.29 is 22.7 Å². The van der Waals surface area contributed by atoms with Crippen molar-refractivity contribution in [2.75, 3.05) is 24.5 Å². The molecule has 0 aliphatic heterocycles. The molecule has 1 atom stereocenters. The Hall–Kier alpha value is -3.37. The average molecular weight is 589 g/mol. The lowest BCUT2D eigenvalue weighted by molar-refractivity contribution is -0.139. The van der Waals surface area contributed by atoms with Crippen molar-refractivity contribution in [1.82, 2.24) is 10.2 Å². The highest BCUT2D eigenvalue weighted by atomic mass is 79.9. The molecule has 0 aliphatic rings. The highest BCUT2D eigenvalue weighted by molar-refractivity contribution is 9.10. The van der Waals surface area contributed by atoms with Crippen molar-refractivity contribution in [3.63, 3.8) is 0 Å². The van der Waals surface area contributed by atoms with Gasteiger partial charge in [-0.1, -0.05) is 46.3 Å². The van der Waals surface area contributed by atoms with Gasteiger partial charge in [-0.3, -0.25) is 13.9 Å². The number of carbonyl (C=O) groups is 2. The van der Waals surface area contributed by atoms with Gasteiger partial charge in [0.05, 0.1) is 17.7 Å². The van der Waals surface area contributed by atoms with E-state index in [1.165, 1.54) is 24.1 Å². The van der Waals surface area contributed by atoms with E-state index in [-0.39, 0.29) is 17.3 Å². The molecule has 196 valence electrons. The SMILES string of the molecule is CCNC(=O)[C@H](C)N(Cc1ccc(Br)cc1)C(=O)CN(c1ccc(OC)cc1)S(=O)(=O)c1ccccc1. The fraction of sp³-hybridized carbons (Fsp3) is 0.259. The molecule has 2 amide bonds. The summed E-state index contributed by atoms with van der Waals surface area (Å²) in [5, 5.41) is 2.74. The van der Waals surface area contributed by atoms with E-state index >= 15 is 0 Å². The minimum Gasteiger partial charge on any atom is -0.497 e. The number of anilines is 1. The second-order valence-electron chi connectivity index (χ2n) is 8.24. The summed E-state index contributed by atoms with van der Waals surface area (Å²) < 4.78 is 34.5. The third kappa shape index (κ3) is 7.11. The predicted octanol–water partition coefficient (Wildman–Crippen LogP) is 4.21. The molecular weight excluding hydrogens is 558 g/mol. The number of carbonyl (C=O) groups excluding carboxylic acids is 2. The molecule has 3 rings (SSSR count). The van der Waals surface area contributed by atoms with Crippen LogP contribution in [-0.4, -0.2) is 51.4 Å². The van der Waals surface area contributed by atoms with E-state index in [0.717, 1.165) is 14.3 Å². The average Bonchev–Trinajstić information content (AvgIpc) is 2.91. The smallest absolute Gasteiger partial charge is 0.264 e. The number of rotatable bonds is 11. The number of sulfonamides is 1.